The molecule has 2 aliphatic rings. The molecule has 0 aliphatic heterocycles. The van der Waals surface area contributed by atoms with Gasteiger partial charge in [-0.25, -0.2) is 0 Å². The molecule has 2 atom stereocenters. The number of anilines is 1. The van der Waals surface area contributed by atoms with E-state index in [0.29, 0.717) is 5.69 Å². The van der Waals surface area contributed by atoms with Crippen molar-refractivity contribution in [2.24, 2.45) is 0 Å². The Hall–Kier alpha value is -2.74. The van der Waals surface area contributed by atoms with Crippen LogP contribution >= 0.6 is 0 Å². The van der Waals surface area contributed by atoms with E-state index in [0.717, 1.165) is 12.2 Å². The molecule has 2 nitrogen and oxygen atoms in total. The number of nitrogens with two attached hydrogens (primary N) is 1. The lowest BCUT2D eigenvalue weighted by atomic mass is 9.70. The molecule has 2 unspecified atom stereocenters. The van der Waals surface area contributed by atoms with Crippen molar-refractivity contribution in [3.63, 3.8) is 0 Å². The van der Waals surface area contributed by atoms with Crippen molar-refractivity contribution < 1.29 is 4.74 Å². The first-order valence-corrected chi connectivity index (χ1v) is 10.5. The summed E-state index contributed by atoms with van der Waals surface area (Å²) in [7, 11) is 0. The fraction of sp³-hybridized carbons (Fsp3) is 0.333. The monoisotopic (exact) mass is 383 g/mol. The Kier molecular flexibility index (Phi) is 3.71. The zero-order valence-corrected chi connectivity index (χ0v) is 17.7. The average Bonchev–Trinajstić information content (AvgIpc) is 3.05. The van der Waals surface area contributed by atoms with Crippen LogP contribution in [0.3, 0.4) is 0 Å². The number of rotatable bonds is 2. The highest BCUT2D eigenvalue weighted by Crippen LogP contribution is 2.63. The van der Waals surface area contributed by atoms with Gasteiger partial charge in [0.1, 0.15) is 11.9 Å². The molecule has 3 aromatic rings. The number of hydrogen-bond donors (Lipinski definition) is 1. The van der Waals surface area contributed by atoms with Crippen LogP contribution in [0.5, 0.6) is 5.75 Å². The second kappa shape index (κ2) is 5.89. The van der Waals surface area contributed by atoms with Gasteiger partial charge in [0.05, 0.1) is 11.1 Å². The Bertz CT molecular complexity index is 1080. The first-order valence-electron chi connectivity index (χ1n) is 10.5. The maximum Gasteiger partial charge on any atom is 0.142 e. The minimum absolute atomic E-state index is 0.0416. The highest BCUT2D eigenvalue weighted by atomic mass is 16.5. The zero-order chi connectivity index (χ0) is 20.4. The summed E-state index contributed by atoms with van der Waals surface area (Å²) in [4.78, 5) is 0. The summed E-state index contributed by atoms with van der Waals surface area (Å²) in [5, 5.41) is 0. The number of para-hydroxylation sites is 2. The summed E-state index contributed by atoms with van der Waals surface area (Å²) in [5.41, 5.74) is 12.4. The van der Waals surface area contributed by atoms with Crippen LogP contribution < -0.4 is 10.5 Å². The van der Waals surface area contributed by atoms with E-state index in [9.17, 15) is 0 Å². The molecule has 0 bridgehead atoms. The van der Waals surface area contributed by atoms with Crippen LogP contribution in [0.1, 0.15) is 56.4 Å². The lowest BCUT2D eigenvalue weighted by Gasteiger charge is -2.40. The molecular weight excluding hydrogens is 354 g/mol. The summed E-state index contributed by atoms with van der Waals surface area (Å²) < 4.78 is 6.87. The molecule has 0 heterocycles. The van der Waals surface area contributed by atoms with Crippen molar-refractivity contribution in [3.8, 4) is 5.75 Å². The predicted molar refractivity (Wildman–Crippen MR) is 120 cm³/mol. The molecule has 0 saturated carbocycles. The number of fused-ring (bicyclic) bond motifs is 4. The van der Waals surface area contributed by atoms with Gasteiger partial charge in [-0.3, -0.25) is 0 Å². The Balaban J connectivity index is 1.79. The van der Waals surface area contributed by atoms with Crippen molar-refractivity contribution in [1.29, 1.82) is 0 Å². The number of hydrogen-bond acceptors (Lipinski definition) is 2. The van der Waals surface area contributed by atoms with Crippen molar-refractivity contribution >= 4 is 5.69 Å². The predicted octanol–water partition coefficient (Wildman–Crippen LogP) is 5.98. The Labute approximate surface area is 173 Å². The normalized spacial score (nSPS) is 25.6. The molecule has 148 valence electrons. The van der Waals surface area contributed by atoms with Crippen molar-refractivity contribution in [3.05, 3.63) is 95.1 Å². The van der Waals surface area contributed by atoms with Crippen molar-refractivity contribution in [1.82, 2.24) is 0 Å². The van der Waals surface area contributed by atoms with Crippen LogP contribution in [0.25, 0.3) is 0 Å². The molecule has 29 heavy (non-hydrogen) atoms. The lowest BCUT2D eigenvalue weighted by molar-refractivity contribution is 0.0770. The Morgan fingerprint density at radius 3 is 1.90 bits per heavy atom. The molecule has 2 N–H and O–H groups in total. The summed E-state index contributed by atoms with van der Waals surface area (Å²) >= 11 is 0. The fourth-order valence-electron chi connectivity index (χ4n) is 6.12. The van der Waals surface area contributed by atoms with Gasteiger partial charge < -0.3 is 10.5 Å². The smallest absolute Gasteiger partial charge is 0.142 e. The van der Waals surface area contributed by atoms with Gasteiger partial charge in [0.25, 0.3) is 0 Å². The van der Waals surface area contributed by atoms with Crippen LogP contribution in [0.4, 0.5) is 5.69 Å². The van der Waals surface area contributed by atoms with Crippen LogP contribution in [0.15, 0.2) is 72.8 Å². The van der Waals surface area contributed by atoms with E-state index >= 15 is 0 Å². The van der Waals surface area contributed by atoms with E-state index in [1.807, 2.05) is 24.3 Å². The van der Waals surface area contributed by atoms with Crippen LogP contribution in [0.2, 0.25) is 0 Å². The summed E-state index contributed by atoms with van der Waals surface area (Å²) in [6, 6.07) is 25.7. The number of ether oxygens (including phenoxy) is 1. The number of nitrogen functional groups attached to an aromatic ring is 1. The molecule has 0 radical (unpaired) electrons. The standard InChI is InChI=1S/C27H29NO/c1-25(2)17-27(20-13-7-5-11-18(20)25)21-14-8-6-12-19(21)26(3,4)24(27)29-23-16-10-9-15-22(23)28/h5-16,24H,17,28H2,1-4H3. The van der Waals surface area contributed by atoms with E-state index in [1.54, 1.807) is 0 Å². The largest absolute Gasteiger partial charge is 0.486 e. The molecule has 0 aromatic heterocycles. The Morgan fingerprint density at radius 1 is 0.724 bits per heavy atom. The summed E-state index contributed by atoms with van der Waals surface area (Å²) in [5.74, 6) is 0.778. The SMILES string of the molecule is CC1(C)CC2(c3ccccc31)c1ccccc1C(C)(C)C2Oc1ccccc1N. The van der Waals surface area contributed by atoms with Crippen LogP contribution in [-0.4, -0.2) is 6.10 Å². The summed E-state index contributed by atoms with van der Waals surface area (Å²) in [6.45, 7) is 9.36. The van der Waals surface area contributed by atoms with E-state index in [-0.39, 0.29) is 22.3 Å². The third-order valence-corrected chi connectivity index (χ3v) is 7.23. The number of benzene rings is 3. The first-order chi connectivity index (χ1) is 13.8. The van der Waals surface area contributed by atoms with Gasteiger partial charge in [0.2, 0.25) is 0 Å². The van der Waals surface area contributed by atoms with Gasteiger partial charge >= 0.3 is 0 Å². The zero-order valence-electron chi connectivity index (χ0n) is 17.7. The third kappa shape index (κ3) is 2.35. The molecular formula is C27H29NO. The van der Waals surface area contributed by atoms with Crippen molar-refractivity contribution in [2.75, 3.05) is 5.73 Å². The fourth-order valence-corrected chi connectivity index (χ4v) is 6.12. The average molecular weight is 384 g/mol. The quantitative estimate of drug-likeness (QED) is 0.553. The Morgan fingerprint density at radius 2 is 1.24 bits per heavy atom. The molecule has 0 saturated heterocycles. The van der Waals surface area contributed by atoms with E-state index in [2.05, 4.69) is 76.2 Å². The van der Waals surface area contributed by atoms with Gasteiger partial charge in [-0.15, -0.1) is 0 Å². The van der Waals surface area contributed by atoms with Gasteiger partial charge in [-0.2, -0.15) is 0 Å². The molecule has 2 heteroatoms. The minimum atomic E-state index is -0.192. The van der Waals surface area contributed by atoms with Crippen LogP contribution in [0, 0.1) is 0 Å². The van der Waals surface area contributed by atoms with E-state index < -0.39 is 0 Å². The van der Waals surface area contributed by atoms with Gasteiger partial charge in [-0.1, -0.05) is 88.4 Å². The first kappa shape index (κ1) is 18.3. The van der Waals surface area contributed by atoms with Gasteiger partial charge in [0, 0.05) is 5.41 Å². The van der Waals surface area contributed by atoms with Crippen molar-refractivity contribution in [2.45, 2.75) is 56.5 Å². The van der Waals surface area contributed by atoms with Gasteiger partial charge in [-0.05, 0) is 46.2 Å². The van der Waals surface area contributed by atoms with E-state index in [4.69, 9.17) is 10.5 Å². The maximum absolute atomic E-state index is 6.87. The molecule has 0 amide bonds. The molecule has 0 fully saturated rings. The van der Waals surface area contributed by atoms with E-state index in [1.165, 1.54) is 22.3 Å². The molecule has 5 rings (SSSR count). The highest BCUT2D eigenvalue weighted by molar-refractivity contribution is 5.62. The third-order valence-electron chi connectivity index (χ3n) is 7.23. The summed E-state index contributed by atoms with van der Waals surface area (Å²) in [6.07, 6.45) is 0.983. The van der Waals surface area contributed by atoms with Gasteiger partial charge in [0.15, 0.2) is 0 Å². The molecule has 2 aliphatic carbocycles. The van der Waals surface area contributed by atoms with Crippen LogP contribution in [-0.2, 0) is 16.2 Å². The minimum Gasteiger partial charge on any atom is -0.486 e. The maximum atomic E-state index is 6.87. The lowest BCUT2D eigenvalue weighted by Crippen LogP contribution is -2.47. The molecule has 1 spiro atoms. The topological polar surface area (TPSA) is 35.2 Å². The second-order valence-electron chi connectivity index (χ2n) is 9.88. The highest BCUT2D eigenvalue weighted by Gasteiger charge is 2.63. The molecule has 3 aromatic carbocycles. The second-order valence-corrected chi connectivity index (χ2v) is 9.88.